The molecule has 0 atom stereocenters. The molecule has 0 saturated carbocycles. The number of nitrogens with zero attached hydrogens (tertiary/aromatic N) is 1. The zero-order valence-corrected chi connectivity index (χ0v) is 17.5. The van der Waals surface area contributed by atoms with Gasteiger partial charge in [-0.05, 0) is 37.3 Å². The van der Waals surface area contributed by atoms with Gasteiger partial charge >= 0.3 is 0 Å². The summed E-state index contributed by atoms with van der Waals surface area (Å²) in [5.41, 5.74) is 0.719. The Kier molecular flexibility index (Phi) is 5.23. The average Bonchev–Trinajstić information content (AvgIpc) is 3.21. The monoisotopic (exact) mass is 436 g/mol. The highest BCUT2D eigenvalue weighted by molar-refractivity contribution is 5.83. The van der Waals surface area contributed by atoms with Crippen molar-refractivity contribution in [3.8, 4) is 62.8 Å². The maximum absolute atomic E-state index is 12.2. The fourth-order valence-electron chi connectivity index (χ4n) is 3.35. The summed E-state index contributed by atoms with van der Waals surface area (Å²) in [5, 5.41) is 31.0. The van der Waals surface area contributed by atoms with Crippen molar-refractivity contribution >= 4 is 0 Å². The molecular weight excluding hydrogens is 416 g/mol. The molecule has 164 valence electrons. The van der Waals surface area contributed by atoms with Gasteiger partial charge in [0.15, 0.2) is 28.8 Å². The van der Waals surface area contributed by atoms with Gasteiger partial charge in [-0.15, -0.1) is 0 Å². The van der Waals surface area contributed by atoms with Crippen LogP contribution in [0.25, 0.3) is 34.1 Å². The number of aromatic hydroxyl groups is 3. The number of ether oxygens (including phenoxy) is 2. The fourth-order valence-corrected chi connectivity index (χ4v) is 3.35. The number of H-pyrrole nitrogens is 1. The number of benzene rings is 2. The van der Waals surface area contributed by atoms with Gasteiger partial charge in [0.1, 0.15) is 23.0 Å². The second-order valence-electron chi connectivity index (χ2n) is 6.95. The Labute approximate surface area is 182 Å². The molecule has 0 aliphatic rings. The Bertz CT molecular complexity index is 1370. The lowest BCUT2D eigenvalue weighted by molar-refractivity contribution is 0.373. The first-order chi connectivity index (χ1) is 15.3. The normalized spacial score (nSPS) is 10.8. The standard InChI is InChI=1S/C23H20N2O7/c1-11-9-15(27)21(29)22(32-11)19-18(12-7-8-14(26)17(10-12)31-3)24-23(25-19)13-5-4-6-16(30-2)20(13)28/h4-10,26,28-29H,1-3H3,(H,24,25). The number of hydrogen-bond acceptors (Lipinski definition) is 8. The number of aromatic amines is 1. The number of methoxy groups -OCH3 is 2. The molecule has 0 spiro atoms. The predicted molar refractivity (Wildman–Crippen MR) is 116 cm³/mol. The van der Waals surface area contributed by atoms with Crippen LogP contribution in [0.5, 0.6) is 28.7 Å². The van der Waals surface area contributed by atoms with E-state index in [-0.39, 0.29) is 46.0 Å². The Morgan fingerprint density at radius 1 is 0.969 bits per heavy atom. The van der Waals surface area contributed by atoms with Gasteiger partial charge in [-0.3, -0.25) is 4.79 Å². The Morgan fingerprint density at radius 2 is 1.72 bits per heavy atom. The number of nitrogens with one attached hydrogen (secondary N) is 1. The minimum absolute atomic E-state index is 0.0658. The highest BCUT2D eigenvalue weighted by Gasteiger charge is 2.24. The maximum atomic E-state index is 12.2. The van der Waals surface area contributed by atoms with Gasteiger partial charge in [-0.1, -0.05) is 6.07 Å². The molecular formula is C23H20N2O7. The summed E-state index contributed by atoms with van der Waals surface area (Å²) in [7, 11) is 2.84. The minimum Gasteiger partial charge on any atom is -0.504 e. The van der Waals surface area contributed by atoms with E-state index in [9.17, 15) is 20.1 Å². The molecule has 0 fully saturated rings. The third-order valence-electron chi connectivity index (χ3n) is 4.90. The van der Waals surface area contributed by atoms with E-state index in [1.807, 2.05) is 0 Å². The van der Waals surface area contributed by atoms with Crippen molar-refractivity contribution in [3.63, 3.8) is 0 Å². The third kappa shape index (κ3) is 3.49. The number of phenolic OH excluding ortho intramolecular Hbond substituents is 2. The molecule has 0 amide bonds. The number of para-hydroxylation sites is 1. The summed E-state index contributed by atoms with van der Waals surface area (Å²) in [4.78, 5) is 19.8. The summed E-state index contributed by atoms with van der Waals surface area (Å²) >= 11 is 0. The Balaban J connectivity index is 2.02. The highest BCUT2D eigenvalue weighted by atomic mass is 16.5. The second-order valence-corrected chi connectivity index (χ2v) is 6.95. The van der Waals surface area contributed by atoms with E-state index in [4.69, 9.17) is 13.9 Å². The lowest BCUT2D eigenvalue weighted by atomic mass is 10.1. The van der Waals surface area contributed by atoms with E-state index in [0.717, 1.165) is 0 Å². The summed E-state index contributed by atoms with van der Waals surface area (Å²) in [5.74, 6) is 0.0737. The molecule has 0 bridgehead atoms. The molecule has 2 aromatic carbocycles. The van der Waals surface area contributed by atoms with Crippen LogP contribution in [0.1, 0.15) is 5.76 Å². The van der Waals surface area contributed by atoms with Gasteiger partial charge in [0.2, 0.25) is 11.2 Å². The summed E-state index contributed by atoms with van der Waals surface area (Å²) in [6.07, 6.45) is 0. The summed E-state index contributed by atoms with van der Waals surface area (Å²) in [6.45, 7) is 1.58. The van der Waals surface area contributed by atoms with Crippen LogP contribution in [0.4, 0.5) is 0 Å². The Morgan fingerprint density at radius 3 is 2.44 bits per heavy atom. The van der Waals surface area contributed by atoms with Crippen LogP contribution in [0, 0.1) is 6.92 Å². The van der Waals surface area contributed by atoms with Gasteiger partial charge in [0, 0.05) is 11.6 Å². The van der Waals surface area contributed by atoms with Gasteiger partial charge in [0.05, 0.1) is 19.8 Å². The summed E-state index contributed by atoms with van der Waals surface area (Å²) < 4.78 is 16.0. The number of aryl methyl sites for hydroxylation is 1. The van der Waals surface area contributed by atoms with Crippen molar-refractivity contribution in [2.45, 2.75) is 6.92 Å². The molecule has 9 nitrogen and oxygen atoms in total. The molecule has 0 radical (unpaired) electrons. The van der Waals surface area contributed by atoms with Crippen LogP contribution in [-0.2, 0) is 0 Å². The first-order valence-electron chi connectivity index (χ1n) is 9.51. The molecule has 0 unspecified atom stereocenters. The predicted octanol–water partition coefficient (Wildman–Crippen LogP) is 3.81. The van der Waals surface area contributed by atoms with Crippen LogP contribution in [0.15, 0.2) is 51.7 Å². The van der Waals surface area contributed by atoms with E-state index in [1.54, 1.807) is 37.3 Å². The average molecular weight is 436 g/mol. The maximum Gasteiger partial charge on any atom is 0.227 e. The van der Waals surface area contributed by atoms with Crippen LogP contribution in [-0.4, -0.2) is 39.5 Å². The van der Waals surface area contributed by atoms with E-state index in [0.29, 0.717) is 16.8 Å². The summed E-state index contributed by atoms with van der Waals surface area (Å²) in [6, 6.07) is 10.7. The zero-order valence-electron chi connectivity index (χ0n) is 17.5. The molecule has 32 heavy (non-hydrogen) atoms. The van der Waals surface area contributed by atoms with Gasteiger partial charge < -0.3 is 34.2 Å². The SMILES string of the molecule is COc1cc(-c2nc(-c3cccc(OC)c3O)[nH]c2-c2oc(C)cc(=O)c2O)ccc1O. The van der Waals surface area contributed by atoms with Gasteiger partial charge in [-0.2, -0.15) is 0 Å². The Hall–Kier alpha value is -4.40. The molecule has 4 rings (SSSR count). The van der Waals surface area contributed by atoms with Crippen LogP contribution in [0.2, 0.25) is 0 Å². The molecule has 4 aromatic rings. The minimum atomic E-state index is -0.613. The van der Waals surface area contributed by atoms with E-state index < -0.39 is 11.2 Å². The number of imidazole rings is 1. The number of phenols is 2. The van der Waals surface area contributed by atoms with Crippen molar-refractivity contribution in [2.24, 2.45) is 0 Å². The third-order valence-corrected chi connectivity index (χ3v) is 4.90. The smallest absolute Gasteiger partial charge is 0.227 e. The molecule has 9 heteroatoms. The van der Waals surface area contributed by atoms with Crippen LogP contribution in [0.3, 0.4) is 0 Å². The van der Waals surface area contributed by atoms with E-state index in [1.165, 1.54) is 26.4 Å². The quantitative estimate of drug-likeness (QED) is 0.371. The van der Waals surface area contributed by atoms with Crippen LogP contribution < -0.4 is 14.9 Å². The van der Waals surface area contributed by atoms with E-state index in [2.05, 4.69) is 9.97 Å². The fraction of sp³-hybridized carbons (Fsp3) is 0.130. The molecule has 2 aromatic heterocycles. The molecule has 0 saturated heterocycles. The molecule has 4 N–H and O–H groups in total. The van der Waals surface area contributed by atoms with Crippen molar-refractivity contribution in [3.05, 3.63) is 58.4 Å². The van der Waals surface area contributed by atoms with Gasteiger partial charge in [0.25, 0.3) is 0 Å². The first kappa shape index (κ1) is 20.9. The topological polar surface area (TPSA) is 138 Å². The second kappa shape index (κ2) is 8.03. The lowest BCUT2D eigenvalue weighted by Crippen LogP contribution is -2.01. The van der Waals surface area contributed by atoms with Crippen molar-refractivity contribution < 1.29 is 29.2 Å². The largest absolute Gasteiger partial charge is 0.504 e. The number of rotatable bonds is 5. The van der Waals surface area contributed by atoms with Crippen molar-refractivity contribution in [1.29, 1.82) is 0 Å². The van der Waals surface area contributed by atoms with E-state index >= 15 is 0 Å². The molecule has 0 aliphatic heterocycles. The number of aromatic nitrogens is 2. The lowest BCUT2D eigenvalue weighted by Gasteiger charge is -2.08. The number of hydrogen-bond donors (Lipinski definition) is 4. The van der Waals surface area contributed by atoms with Crippen molar-refractivity contribution in [1.82, 2.24) is 9.97 Å². The van der Waals surface area contributed by atoms with Gasteiger partial charge in [-0.25, -0.2) is 4.98 Å². The highest BCUT2D eigenvalue weighted by Crippen LogP contribution is 2.42. The molecule has 0 aliphatic carbocycles. The first-order valence-corrected chi connectivity index (χ1v) is 9.51. The van der Waals surface area contributed by atoms with Crippen LogP contribution >= 0.6 is 0 Å². The zero-order chi connectivity index (χ0) is 23.0. The van der Waals surface area contributed by atoms with Crippen molar-refractivity contribution in [2.75, 3.05) is 14.2 Å². The molecule has 2 heterocycles.